The Labute approximate surface area is 164 Å². The molecule has 1 aliphatic rings. The van der Waals surface area contributed by atoms with Crippen LogP contribution < -0.4 is 10.6 Å². The Hall–Kier alpha value is -0.820. The maximum Gasteiger partial charge on any atom is 0.191 e. The first-order valence-electron chi connectivity index (χ1n) is 8.78. The van der Waals surface area contributed by atoms with Gasteiger partial charge in [-0.15, -0.1) is 24.0 Å². The zero-order valence-corrected chi connectivity index (χ0v) is 17.8. The zero-order chi connectivity index (χ0) is 16.7. The van der Waals surface area contributed by atoms with Crippen molar-refractivity contribution in [1.82, 2.24) is 15.5 Å². The highest BCUT2D eigenvalue weighted by atomic mass is 127. The third kappa shape index (κ3) is 6.97. The molecule has 1 fully saturated rings. The first-order chi connectivity index (χ1) is 11.1. The number of rotatable bonds is 5. The van der Waals surface area contributed by atoms with Crippen molar-refractivity contribution >= 4 is 29.9 Å². The molecule has 2 N–H and O–H groups in total. The second-order valence-corrected chi connectivity index (χ2v) is 6.92. The Kier molecular flexibility index (Phi) is 9.66. The lowest BCUT2D eigenvalue weighted by molar-refractivity contribution is 0.210. The van der Waals surface area contributed by atoms with Gasteiger partial charge in [0.05, 0.1) is 0 Å². The van der Waals surface area contributed by atoms with Crippen molar-refractivity contribution in [3.8, 4) is 0 Å². The SMILES string of the molecule is CN=C(NCC1CCCN(C)C1)NCC(C)c1ccc(C)cc1.I. The van der Waals surface area contributed by atoms with E-state index in [2.05, 4.69) is 65.7 Å². The summed E-state index contributed by atoms with van der Waals surface area (Å²) in [5, 5.41) is 6.95. The van der Waals surface area contributed by atoms with Gasteiger partial charge in [0.25, 0.3) is 0 Å². The molecule has 0 bridgehead atoms. The molecule has 4 nitrogen and oxygen atoms in total. The Morgan fingerprint density at radius 1 is 1.29 bits per heavy atom. The molecule has 0 spiro atoms. The number of halogens is 1. The molecule has 1 aromatic rings. The number of benzene rings is 1. The lowest BCUT2D eigenvalue weighted by atomic mass is 9.98. The topological polar surface area (TPSA) is 39.7 Å². The number of nitrogens with one attached hydrogen (secondary N) is 2. The van der Waals surface area contributed by atoms with Crippen LogP contribution in [0.5, 0.6) is 0 Å². The van der Waals surface area contributed by atoms with E-state index in [1.165, 1.54) is 37.1 Å². The van der Waals surface area contributed by atoms with Gasteiger partial charge in [-0.3, -0.25) is 4.99 Å². The molecular formula is C19H33IN4. The van der Waals surface area contributed by atoms with Crippen molar-refractivity contribution in [2.45, 2.75) is 32.6 Å². The monoisotopic (exact) mass is 444 g/mol. The number of guanidine groups is 1. The van der Waals surface area contributed by atoms with Crippen LogP contribution in [0.15, 0.2) is 29.3 Å². The number of hydrogen-bond donors (Lipinski definition) is 2. The maximum absolute atomic E-state index is 4.35. The molecule has 2 atom stereocenters. The van der Waals surface area contributed by atoms with E-state index in [1.807, 2.05) is 7.05 Å². The highest BCUT2D eigenvalue weighted by Gasteiger charge is 2.17. The van der Waals surface area contributed by atoms with Crippen molar-refractivity contribution in [2.24, 2.45) is 10.9 Å². The summed E-state index contributed by atoms with van der Waals surface area (Å²) in [5.41, 5.74) is 2.68. The first kappa shape index (κ1) is 21.2. The van der Waals surface area contributed by atoms with Crippen molar-refractivity contribution in [3.63, 3.8) is 0 Å². The first-order valence-corrected chi connectivity index (χ1v) is 8.78. The number of aryl methyl sites for hydroxylation is 1. The van der Waals surface area contributed by atoms with Crippen LogP contribution >= 0.6 is 24.0 Å². The predicted octanol–water partition coefficient (Wildman–Crippen LogP) is 3.22. The molecule has 1 aliphatic heterocycles. The van der Waals surface area contributed by atoms with E-state index in [9.17, 15) is 0 Å². The summed E-state index contributed by atoms with van der Waals surface area (Å²) >= 11 is 0. The van der Waals surface area contributed by atoms with E-state index < -0.39 is 0 Å². The van der Waals surface area contributed by atoms with Gasteiger partial charge in [0.15, 0.2) is 5.96 Å². The van der Waals surface area contributed by atoms with Gasteiger partial charge in [0.2, 0.25) is 0 Å². The summed E-state index contributed by atoms with van der Waals surface area (Å²) in [7, 11) is 4.06. The largest absolute Gasteiger partial charge is 0.356 e. The number of aliphatic imine (C=N–C) groups is 1. The second kappa shape index (κ2) is 10.9. The molecule has 2 rings (SSSR count). The van der Waals surface area contributed by atoms with Gasteiger partial charge in [-0.05, 0) is 50.8 Å². The van der Waals surface area contributed by atoms with Gasteiger partial charge < -0.3 is 15.5 Å². The van der Waals surface area contributed by atoms with Gasteiger partial charge in [-0.2, -0.15) is 0 Å². The Balaban J connectivity index is 0.00000288. The van der Waals surface area contributed by atoms with Crippen LogP contribution in [-0.4, -0.2) is 51.1 Å². The molecule has 0 aromatic heterocycles. The number of nitrogens with zero attached hydrogens (tertiary/aromatic N) is 2. The normalized spacial score (nSPS) is 20.2. The maximum atomic E-state index is 4.35. The van der Waals surface area contributed by atoms with E-state index >= 15 is 0 Å². The molecule has 1 aromatic carbocycles. The van der Waals surface area contributed by atoms with Crippen molar-refractivity contribution < 1.29 is 0 Å². The fraction of sp³-hybridized carbons (Fsp3) is 0.632. The molecule has 1 saturated heterocycles. The van der Waals surface area contributed by atoms with Crippen LogP contribution in [0.3, 0.4) is 0 Å². The smallest absolute Gasteiger partial charge is 0.191 e. The molecule has 0 aliphatic carbocycles. The lowest BCUT2D eigenvalue weighted by Gasteiger charge is -2.30. The van der Waals surface area contributed by atoms with Crippen molar-refractivity contribution in [3.05, 3.63) is 35.4 Å². The van der Waals surface area contributed by atoms with Crippen LogP contribution in [0.4, 0.5) is 0 Å². The minimum atomic E-state index is 0. The summed E-state index contributed by atoms with van der Waals surface area (Å²) in [6.07, 6.45) is 2.62. The van der Waals surface area contributed by atoms with E-state index in [-0.39, 0.29) is 24.0 Å². The van der Waals surface area contributed by atoms with E-state index in [4.69, 9.17) is 0 Å². The van der Waals surface area contributed by atoms with E-state index in [0.717, 1.165) is 25.0 Å². The standard InChI is InChI=1S/C19H32N4.HI/c1-15-7-9-18(10-8-15)16(2)12-21-19(20-3)22-13-17-6-5-11-23(4)14-17;/h7-10,16-17H,5-6,11-14H2,1-4H3,(H2,20,21,22);1H. The third-order valence-electron chi connectivity index (χ3n) is 4.73. The second-order valence-electron chi connectivity index (χ2n) is 6.92. The molecule has 0 saturated carbocycles. The number of likely N-dealkylation sites (tertiary alicyclic amines) is 1. The van der Waals surface area contributed by atoms with Gasteiger partial charge in [-0.25, -0.2) is 0 Å². The van der Waals surface area contributed by atoms with E-state index in [0.29, 0.717) is 5.92 Å². The molecule has 0 amide bonds. The van der Waals surface area contributed by atoms with E-state index in [1.54, 1.807) is 0 Å². The molecule has 5 heteroatoms. The Morgan fingerprint density at radius 2 is 2.00 bits per heavy atom. The van der Waals surface area contributed by atoms with Crippen LogP contribution in [0.1, 0.15) is 36.8 Å². The summed E-state index contributed by atoms with van der Waals surface area (Å²) in [5.74, 6) is 2.11. The van der Waals surface area contributed by atoms with Gasteiger partial charge in [-0.1, -0.05) is 36.8 Å². The molecule has 136 valence electrons. The molecular weight excluding hydrogens is 411 g/mol. The Morgan fingerprint density at radius 3 is 2.62 bits per heavy atom. The Bertz CT molecular complexity index is 501. The van der Waals surface area contributed by atoms with Gasteiger partial charge in [0, 0.05) is 26.7 Å². The van der Waals surface area contributed by atoms with Crippen LogP contribution in [0, 0.1) is 12.8 Å². The number of piperidine rings is 1. The molecule has 24 heavy (non-hydrogen) atoms. The van der Waals surface area contributed by atoms with Crippen molar-refractivity contribution in [1.29, 1.82) is 0 Å². The van der Waals surface area contributed by atoms with Crippen LogP contribution in [0.2, 0.25) is 0 Å². The highest BCUT2D eigenvalue weighted by Crippen LogP contribution is 2.15. The summed E-state index contributed by atoms with van der Waals surface area (Å²) in [6, 6.07) is 8.79. The average Bonchev–Trinajstić information content (AvgIpc) is 2.55. The average molecular weight is 444 g/mol. The molecule has 1 heterocycles. The molecule has 2 unspecified atom stereocenters. The summed E-state index contributed by atoms with van der Waals surface area (Å²) in [4.78, 5) is 6.77. The van der Waals surface area contributed by atoms with Crippen LogP contribution in [-0.2, 0) is 0 Å². The quantitative estimate of drug-likeness (QED) is 0.416. The predicted molar refractivity (Wildman–Crippen MR) is 115 cm³/mol. The minimum absolute atomic E-state index is 0. The zero-order valence-electron chi connectivity index (χ0n) is 15.5. The fourth-order valence-corrected chi connectivity index (χ4v) is 3.16. The number of hydrogen-bond acceptors (Lipinski definition) is 2. The van der Waals surface area contributed by atoms with Crippen molar-refractivity contribution in [2.75, 3.05) is 40.3 Å². The van der Waals surface area contributed by atoms with Gasteiger partial charge >= 0.3 is 0 Å². The summed E-state index contributed by atoms with van der Waals surface area (Å²) in [6.45, 7) is 8.69. The van der Waals surface area contributed by atoms with Crippen LogP contribution in [0.25, 0.3) is 0 Å². The van der Waals surface area contributed by atoms with Gasteiger partial charge in [0.1, 0.15) is 0 Å². The lowest BCUT2D eigenvalue weighted by Crippen LogP contribution is -2.44. The molecule has 0 radical (unpaired) electrons. The fourth-order valence-electron chi connectivity index (χ4n) is 3.16. The summed E-state index contributed by atoms with van der Waals surface area (Å²) < 4.78 is 0. The third-order valence-corrected chi connectivity index (χ3v) is 4.73. The minimum Gasteiger partial charge on any atom is -0.356 e. The highest BCUT2D eigenvalue weighted by molar-refractivity contribution is 14.0.